The summed E-state index contributed by atoms with van der Waals surface area (Å²) in [4.78, 5) is 19.4. The molecule has 1 amide bonds. The van der Waals surface area contributed by atoms with Gasteiger partial charge < -0.3 is 10.6 Å². The molecule has 1 aromatic carbocycles. The van der Waals surface area contributed by atoms with Crippen molar-refractivity contribution in [3.8, 4) is 0 Å². The number of carbonyl (C=O) groups is 1. The fourth-order valence-electron chi connectivity index (χ4n) is 3.23. The van der Waals surface area contributed by atoms with Crippen molar-refractivity contribution in [2.45, 2.75) is 25.3 Å². The standard InChI is InChI=1S/C17H20N6OS/c18-7-9-23-11-14(20-21-23)17(24)22-8-3-4-12(10-22)16-19-13-5-1-2-6-15(13)25-16/h1-2,5-6,11-12H,3-4,7-10,18H2/t12-/m0/s1. The highest BCUT2D eigenvalue weighted by Crippen LogP contribution is 2.33. The van der Waals surface area contributed by atoms with Crippen molar-refractivity contribution in [2.75, 3.05) is 19.6 Å². The summed E-state index contributed by atoms with van der Waals surface area (Å²) >= 11 is 1.73. The van der Waals surface area contributed by atoms with Gasteiger partial charge >= 0.3 is 0 Å². The van der Waals surface area contributed by atoms with Crippen molar-refractivity contribution in [1.82, 2.24) is 24.9 Å². The number of thiazole rings is 1. The summed E-state index contributed by atoms with van der Waals surface area (Å²) in [5.74, 6) is 0.225. The van der Waals surface area contributed by atoms with Gasteiger partial charge in [-0.05, 0) is 25.0 Å². The number of rotatable bonds is 4. The van der Waals surface area contributed by atoms with E-state index in [0.717, 1.165) is 29.9 Å². The number of carbonyl (C=O) groups excluding carboxylic acids is 1. The summed E-state index contributed by atoms with van der Waals surface area (Å²) < 4.78 is 2.81. The fourth-order valence-corrected chi connectivity index (χ4v) is 4.32. The lowest BCUT2D eigenvalue weighted by Gasteiger charge is -2.31. The fraction of sp³-hybridized carbons (Fsp3) is 0.412. The van der Waals surface area contributed by atoms with Crippen molar-refractivity contribution in [3.05, 3.63) is 41.2 Å². The molecule has 1 fully saturated rings. The van der Waals surface area contributed by atoms with Gasteiger partial charge in [-0.1, -0.05) is 17.3 Å². The van der Waals surface area contributed by atoms with Gasteiger partial charge in [0, 0.05) is 25.6 Å². The lowest BCUT2D eigenvalue weighted by molar-refractivity contribution is 0.0701. The predicted molar refractivity (Wildman–Crippen MR) is 96.6 cm³/mol. The van der Waals surface area contributed by atoms with Crippen LogP contribution in [-0.2, 0) is 6.54 Å². The van der Waals surface area contributed by atoms with Gasteiger partial charge in [0.1, 0.15) is 0 Å². The number of likely N-dealkylation sites (tertiary alicyclic amines) is 1. The van der Waals surface area contributed by atoms with Crippen LogP contribution in [0.25, 0.3) is 10.2 Å². The molecule has 0 unspecified atom stereocenters. The minimum absolute atomic E-state index is 0.0610. The summed E-state index contributed by atoms with van der Waals surface area (Å²) in [5, 5.41) is 9.07. The van der Waals surface area contributed by atoms with Gasteiger partial charge in [-0.3, -0.25) is 9.48 Å². The number of benzene rings is 1. The van der Waals surface area contributed by atoms with Crippen molar-refractivity contribution in [2.24, 2.45) is 5.73 Å². The van der Waals surface area contributed by atoms with Crippen LogP contribution in [0.3, 0.4) is 0 Å². The van der Waals surface area contributed by atoms with Gasteiger partial charge in [-0.2, -0.15) is 0 Å². The van der Waals surface area contributed by atoms with Gasteiger partial charge in [-0.15, -0.1) is 16.4 Å². The number of hydrogen-bond donors (Lipinski definition) is 1. The van der Waals surface area contributed by atoms with Crippen LogP contribution in [0.1, 0.15) is 34.3 Å². The summed E-state index contributed by atoms with van der Waals surface area (Å²) in [6, 6.07) is 8.17. The van der Waals surface area contributed by atoms with Crippen LogP contribution in [0.5, 0.6) is 0 Å². The maximum Gasteiger partial charge on any atom is 0.276 e. The molecule has 2 aromatic heterocycles. The first-order valence-electron chi connectivity index (χ1n) is 8.49. The van der Waals surface area contributed by atoms with E-state index in [1.54, 1.807) is 22.2 Å². The number of piperidine rings is 1. The second-order valence-corrected chi connectivity index (χ2v) is 7.33. The maximum atomic E-state index is 12.7. The SMILES string of the molecule is NCCn1cc(C(=O)N2CCC[C@H](c3nc4ccccc4s3)C2)nn1. The molecule has 1 atom stereocenters. The third-order valence-corrected chi connectivity index (χ3v) is 5.68. The Morgan fingerprint density at radius 2 is 2.24 bits per heavy atom. The molecule has 0 saturated carbocycles. The Morgan fingerprint density at radius 3 is 3.08 bits per heavy atom. The van der Waals surface area contributed by atoms with Gasteiger partial charge in [0.05, 0.1) is 28.0 Å². The van der Waals surface area contributed by atoms with Crippen molar-refractivity contribution in [1.29, 1.82) is 0 Å². The number of para-hydroxylation sites is 1. The number of nitrogens with zero attached hydrogens (tertiary/aromatic N) is 5. The van der Waals surface area contributed by atoms with Crippen LogP contribution < -0.4 is 5.73 Å². The topological polar surface area (TPSA) is 89.9 Å². The van der Waals surface area contributed by atoms with Crippen LogP contribution in [0, 0.1) is 0 Å². The summed E-state index contributed by atoms with van der Waals surface area (Å²) in [7, 11) is 0. The minimum atomic E-state index is -0.0610. The normalized spacial score (nSPS) is 18.0. The Hall–Kier alpha value is -2.32. The Balaban J connectivity index is 1.50. The van der Waals surface area contributed by atoms with Crippen LogP contribution in [-0.4, -0.2) is 50.4 Å². The van der Waals surface area contributed by atoms with Crippen LogP contribution in [0.2, 0.25) is 0 Å². The van der Waals surface area contributed by atoms with E-state index in [2.05, 4.69) is 16.4 Å². The summed E-state index contributed by atoms with van der Waals surface area (Å²) in [6.45, 7) is 2.47. The molecule has 3 aromatic rings. The molecule has 0 aliphatic carbocycles. The molecule has 25 heavy (non-hydrogen) atoms. The Bertz CT molecular complexity index is 855. The van der Waals surface area contributed by atoms with E-state index in [-0.39, 0.29) is 11.8 Å². The molecular formula is C17H20N6OS. The van der Waals surface area contributed by atoms with Crippen LogP contribution >= 0.6 is 11.3 Å². The predicted octanol–water partition coefficient (Wildman–Crippen LogP) is 1.87. The highest BCUT2D eigenvalue weighted by molar-refractivity contribution is 7.18. The first kappa shape index (κ1) is 16.2. The van der Waals surface area contributed by atoms with Gasteiger partial charge in [0.25, 0.3) is 5.91 Å². The van der Waals surface area contributed by atoms with E-state index < -0.39 is 0 Å². The lowest BCUT2D eigenvalue weighted by atomic mass is 9.98. The lowest BCUT2D eigenvalue weighted by Crippen LogP contribution is -2.39. The third kappa shape index (κ3) is 3.27. The summed E-state index contributed by atoms with van der Waals surface area (Å²) in [6.07, 6.45) is 3.71. The number of fused-ring (bicyclic) bond motifs is 1. The molecule has 130 valence electrons. The molecule has 2 N–H and O–H groups in total. The number of hydrogen-bond acceptors (Lipinski definition) is 6. The summed E-state index contributed by atoms with van der Waals surface area (Å²) in [5.41, 5.74) is 6.94. The highest BCUT2D eigenvalue weighted by Gasteiger charge is 2.28. The van der Waals surface area contributed by atoms with E-state index in [4.69, 9.17) is 10.7 Å². The zero-order valence-corrected chi connectivity index (χ0v) is 14.7. The van der Waals surface area contributed by atoms with Crippen molar-refractivity contribution >= 4 is 27.5 Å². The Morgan fingerprint density at radius 1 is 1.36 bits per heavy atom. The largest absolute Gasteiger partial charge is 0.337 e. The minimum Gasteiger partial charge on any atom is -0.337 e. The average Bonchev–Trinajstić information content (AvgIpc) is 3.28. The van der Waals surface area contributed by atoms with Crippen molar-refractivity contribution in [3.63, 3.8) is 0 Å². The molecular weight excluding hydrogens is 336 g/mol. The molecule has 0 radical (unpaired) electrons. The molecule has 7 nitrogen and oxygen atoms in total. The Labute approximate surface area is 149 Å². The molecule has 4 rings (SSSR count). The molecule has 1 saturated heterocycles. The number of amides is 1. The van der Waals surface area contributed by atoms with E-state index in [0.29, 0.717) is 25.3 Å². The molecule has 8 heteroatoms. The monoisotopic (exact) mass is 356 g/mol. The molecule has 3 heterocycles. The average molecular weight is 356 g/mol. The quantitative estimate of drug-likeness (QED) is 0.771. The zero-order chi connectivity index (χ0) is 17.2. The molecule has 1 aliphatic rings. The molecule has 0 spiro atoms. The first-order valence-corrected chi connectivity index (χ1v) is 9.31. The van der Waals surface area contributed by atoms with Gasteiger partial charge in [0.2, 0.25) is 0 Å². The van der Waals surface area contributed by atoms with E-state index in [1.807, 2.05) is 23.1 Å². The first-order chi connectivity index (χ1) is 12.2. The van der Waals surface area contributed by atoms with Crippen LogP contribution in [0.15, 0.2) is 30.5 Å². The van der Waals surface area contributed by atoms with Crippen molar-refractivity contribution < 1.29 is 4.79 Å². The van der Waals surface area contributed by atoms with E-state index >= 15 is 0 Å². The maximum absolute atomic E-state index is 12.7. The smallest absolute Gasteiger partial charge is 0.276 e. The van der Waals surface area contributed by atoms with Crippen LogP contribution in [0.4, 0.5) is 0 Å². The number of nitrogens with two attached hydrogens (primary N) is 1. The molecule has 0 bridgehead atoms. The second-order valence-electron chi connectivity index (χ2n) is 6.27. The van der Waals surface area contributed by atoms with Gasteiger partial charge in [-0.25, -0.2) is 4.98 Å². The zero-order valence-electron chi connectivity index (χ0n) is 13.8. The third-order valence-electron chi connectivity index (χ3n) is 4.48. The van der Waals surface area contributed by atoms with E-state index in [1.165, 1.54) is 4.70 Å². The Kier molecular flexibility index (Phi) is 4.46. The second kappa shape index (κ2) is 6.89. The number of aromatic nitrogens is 4. The van der Waals surface area contributed by atoms with E-state index in [9.17, 15) is 4.79 Å². The van der Waals surface area contributed by atoms with Gasteiger partial charge in [0.15, 0.2) is 5.69 Å². The molecule has 1 aliphatic heterocycles. The highest BCUT2D eigenvalue weighted by atomic mass is 32.1.